The molecule has 0 radical (unpaired) electrons. The molecule has 0 fully saturated rings. The Morgan fingerprint density at radius 1 is 1.50 bits per heavy atom. The molecule has 0 amide bonds. The maximum Gasteiger partial charge on any atom is 0.126 e. The van der Waals surface area contributed by atoms with E-state index in [9.17, 15) is 4.39 Å². The number of terminal acetylenes is 1. The van der Waals surface area contributed by atoms with Gasteiger partial charge >= 0.3 is 0 Å². The zero-order chi connectivity index (χ0) is 10.6. The van der Waals surface area contributed by atoms with Gasteiger partial charge in [-0.2, -0.15) is 0 Å². The number of hydrogen-bond acceptors (Lipinski definition) is 0. The average molecular weight is 190 g/mol. The van der Waals surface area contributed by atoms with E-state index >= 15 is 0 Å². The predicted molar refractivity (Wildman–Crippen MR) is 57.6 cm³/mol. The lowest BCUT2D eigenvalue weighted by atomic mass is 9.92. The Hall–Kier alpha value is -1.29. The van der Waals surface area contributed by atoms with Crippen molar-refractivity contribution in [3.63, 3.8) is 0 Å². The van der Waals surface area contributed by atoms with Gasteiger partial charge in [-0.15, -0.1) is 12.3 Å². The van der Waals surface area contributed by atoms with E-state index in [1.54, 1.807) is 6.92 Å². The fourth-order valence-corrected chi connectivity index (χ4v) is 1.56. The Kier molecular flexibility index (Phi) is 3.71. The summed E-state index contributed by atoms with van der Waals surface area (Å²) in [6, 6.07) is 5.23. The summed E-state index contributed by atoms with van der Waals surface area (Å²) in [5, 5.41) is 0. The summed E-state index contributed by atoms with van der Waals surface area (Å²) in [7, 11) is 0. The summed E-state index contributed by atoms with van der Waals surface area (Å²) in [6.07, 6.45) is 7.01. The number of hydrogen-bond donors (Lipinski definition) is 0. The summed E-state index contributed by atoms with van der Waals surface area (Å²) < 4.78 is 13.0. The highest BCUT2D eigenvalue weighted by atomic mass is 19.1. The molecule has 0 aromatic heterocycles. The first-order valence-electron chi connectivity index (χ1n) is 4.88. The minimum atomic E-state index is -0.149. The number of benzene rings is 1. The molecule has 0 saturated carbocycles. The molecule has 14 heavy (non-hydrogen) atoms. The number of aryl methyl sites for hydroxylation is 1. The molecule has 0 aliphatic carbocycles. The summed E-state index contributed by atoms with van der Waals surface area (Å²) >= 11 is 0. The van der Waals surface area contributed by atoms with Crippen LogP contribution in [-0.4, -0.2) is 0 Å². The van der Waals surface area contributed by atoms with Crippen molar-refractivity contribution in [2.75, 3.05) is 0 Å². The molecule has 0 aliphatic rings. The summed E-state index contributed by atoms with van der Waals surface area (Å²) in [5.41, 5.74) is 1.84. The van der Waals surface area contributed by atoms with Crippen LogP contribution in [0, 0.1) is 25.1 Å². The standard InChI is InChI=1S/C13H15F/c1-4-6-11(5-2)12-7-8-13(14)10(3)9-12/h1,7-9,11H,5-6H2,2-3H3. The van der Waals surface area contributed by atoms with Gasteiger partial charge in [0.05, 0.1) is 0 Å². The Morgan fingerprint density at radius 2 is 2.21 bits per heavy atom. The van der Waals surface area contributed by atoms with Gasteiger partial charge in [-0.25, -0.2) is 4.39 Å². The zero-order valence-electron chi connectivity index (χ0n) is 8.68. The highest BCUT2D eigenvalue weighted by Crippen LogP contribution is 2.24. The van der Waals surface area contributed by atoms with Gasteiger partial charge in [0.1, 0.15) is 5.82 Å². The Bertz CT molecular complexity index is 347. The van der Waals surface area contributed by atoms with E-state index in [2.05, 4.69) is 12.8 Å². The molecule has 0 aliphatic heterocycles. The largest absolute Gasteiger partial charge is 0.207 e. The Morgan fingerprint density at radius 3 is 2.71 bits per heavy atom. The van der Waals surface area contributed by atoms with Crippen LogP contribution in [0.15, 0.2) is 18.2 Å². The topological polar surface area (TPSA) is 0 Å². The molecule has 1 rings (SSSR count). The van der Waals surface area contributed by atoms with Crippen molar-refractivity contribution in [3.05, 3.63) is 35.1 Å². The quantitative estimate of drug-likeness (QED) is 0.638. The van der Waals surface area contributed by atoms with E-state index in [0.29, 0.717) is 11.5 Å². The van der Waals surface area contributed by atoms with Crippen LogP contribution in [0.25, 0.3) is 0 Å². The molecule has 0 spiro atoms. The normalized spacial score (nSPS) is 12.1. The molecule has 0 saturated heterocycles. The van der Waals surface area contributed by atoms with Gasteiger partial charge in [0.15, 0.2) is 0 Å². The van der Waals surface area contributed by atoms with Gasteiger partial charge in [-0.1, -0.05) is 19.1 Å². The fourth-order valence-electron chi connectivity index (χ4n) is 1.56. The molecule has 0 N–H and O–H groups in total. The van der Waals surface area contributed by atoms with Crippen LogP contribution in [0.4, 0.5) is 4.39 Å². The van der Waals surface area contributed by atoms with E-state index < -0.39 is 0 Å². The lowest BCUT2D eigenvalue weighted by Gasteiger charge is -2.12. The lowest BCUT2D eigenvalue weighted by Crippen LogP contribution is -1.97. The lowest BCUT2D eigenvalue weighted by molar-refractivity contribution is 0.613. The first kappa shape index (κ1) is 10.8. The molecule has 0 heterocycles. The minimum Gasteiger partial charge on any atom is -0.207 e. The van der Waals surface area contributed by atoms with E-state index in [1.807, 2.05) is 12.1 Å². The molecule has 1 aromatic rings. The van der Waals surface area contributed by atoms with Gasteiger partial charge < -0.3 is 0 Å². The van der Waals surface area contributed by atoms with Crippen LogP contribution >= 0.6 is 0 Å². The first-order valence-corrected chi connectivity index (χ1v) is 4.88. The minimum absolute atomic E-state index is 0.149. The molecular formula is C13H15F. The van der Waals surface area contributed by atoms with E-state index in [0.717, 1.165) is 18.4 Å². The third-order valence-corrected chi connectivity index (χ3v) is 2.51. The van der Waals surface area contributed by atoms with Crippen molar-refractivity contribution in [3.8, 4) is 12.3 Å². The maximum absolute atomic E-state index is 13.0. The smallest absolute Gasteiger partial charge is 0.126 e. The van der Waals surface area contributed by atoms with Gasteiger partial charge in [-0.05, 0) is 36.5 Å². The fraction of sp³-hybridized carbons (Fsp3) is 0.385. The zero-order valence-corrected chi connectivity index (χ0v) is 8.68. The monoisotopic (exact) mass is 190 g/mol. The maximum atomic E-state index is 13.0. The van der Waals surface area contributed by atoms with E-state index in [4.69, 9.17) is 6.42 Å². The Balaban J connectivity index is 2.95. The predicted octanol–water partition coefficient (Wildman–Crippen LogP) is 3.65. The molecule has 0 bridgehead atoms. The van der Waals surface area contributed by atoms with Crippen molar-refractivity contribution in [2.24, 2.45) is 0 Å². The van der Waals surface area contributed by atoms with Crippen LogP contribution in [0.3, 0.4) is 0 Å². The molecule has 1 heteroatoms. The molecule has 1 atom stereocenters. The summed E-state index contributed by atoms with van der Waals surface area (Å²) in [5.74, 6) is 2.87. The average Bonchev–Trinajstić information content (AvgIpc) is 2.19. The molecule has 74 valence electrons. The molecule has 0 nitrogen and oxygen atoms in total. The second-order valence-corrected chi connectivity index (χ2v) is 3.52. The van der Waals surface area contributed by atoms with Gasteiger partial charge in [-0.3, -0.25) is 0 Å². The number of halogens is 1. The third-order valence-electron chi connectivity index (χ3n) is 2.51. The van der Waals surface area contributed by atoms with Gasteiger partial charge in [0, 0.05) is 6.42 Å². The van der Waals surface area contributed by atoms with Gasteiger partial charge in [0.25, 0.3) is 0 Å². The first-order chi connectivity index (χ1) is 6.69. The van der Waals surface area contributed by atoms with Crippen LogP contribution < -0.4 is 0 Å². The SMILES string of the molecule is C#CCC(CC)c1ccc(F)c(C)c1. The Labute approximate surface area is 85.2 Å². The summed E-state index contributed by atoms with van der Waals surface area (Å²) in [6.45, 7) is 3.88. The van der Waals surface area contributed by atoms with Crippen LogP contribution in [0.5, 0.6) is 0 Å². The highest BCUT2D eigenvalue weighted by Gasteiger charge is 2.09. The molecule has 1 unspecified atom stereocenters. The molecule has 1 aromatic carbocycles. The van der Waals surface area contributed by atoms with E-state index in [-0.39, 0.29) is 5.82 Å². The van der Waals surface area contributed by atoms with Crippen molar-refractivity contribution in [2.45, 2.75) is 32.6 Å². The van der Waals surface area contributed by atoms with Gasteiger partial charge in [0.2, 0.25) is 0 Å². The van der Waals surface area contributed by atoms with Crippen molar-refractivity contribution < 1.29 is 4.39 Å². The third kappa shape index (κ3) is 2.35. The second kappa shape index (κ2) is 4.81. The second-order valence-electron chi connectivity index (χ2n) is 3.52. The molecular weight excluding hydrogens is 175 g/mol. The van der Waals surface area contributed by atoms with Crippen molar-refractivity contribution >= 4 is 0 Å². The highest BCUT2D eigenvalue weighted by molar-refractivity contribution is 5.27. The van der Waals surface area contributed by atoms with Crippen molar-refractivity contribution in [1.82, 2.24) is 0 Å². The summed E-state index contributed by atoms with van der Waals surface area (Å²) in [4.78, 5) is 0. The van der Waals surface area contributed by atoms with Crippen LogP contribution in [0.1, 0.15) is 36.8 Å². The van der Waals surface area contributed by atoms with Crippen LogP contribution in [0.2, 0.25) is 0 Å². The van der Waals surface area contributed by atoms with E-state index in [1.165, 1.54) is 6.07 Å². The number of rotatable bonds is 3. The van der Waals surface area contributed by atoms with Crippen LogP contribution in [-0.2, 0) is 0 Å². The van der Waals surface area contributed by atoms with Crippen molar-refractivity contribution in [1.29, 1.82) is 0 Å².